The Kier molecular flexibility index (Phi) is 4.14. The number of hydrogen-bond acceptors (Lipinski definition) is 3. The average molecular weight is 219 g/mol. The summed E-state index contributed by atoms with van der Waals surface area (Å²) in [6.07, 6.45) is 1.39. The van der Waals surface area contributed by atoms with Gasteiger partial charge in [0.05, 0.1) is 6.61 Å². The predicted octanol–water partition coefficient (Wildman–Crippen LogP) is 0.689. The fourth-order valence-corrected chi connectivity index (χ4v) is 1.15. The highest BCUT2D eigenvalue weighted by atomic mass is 79.9. The fourth-order valence-electron chi connectivity index (χ4n) is 0.183. The Labute approximate surface area is 62.6 Å². The summed E-state index contributed by atoms with van der Waals surface area (Å²) < 4.78 is 15.2. The van der Waals surface area contributed by atoms with Gasteiger partial charge in [-0.15, -0.1) is 0 Å². The van der Waals surface area contributed by atoms with E-state index in [4.69, 9.17) is 0 Å². The van der Waals surface area contributed by atoms with Crippen molar-refractivity contribution >= 4 is 35.9 Å². The molecule has 0 amide bonds. The lowest BCUT2D eigenvalue weighted by atomic mass is 10.9. The fraction of sp³-hybridized carbons (Fsp3) is 1.00. The Bertz CT molecular complexity index is 139. The normalized spacial score (nSPS) is 17.8. The minimum absolute atomic E-state index is 0.416. The molecule has 0 radical (unpaired) electrons. The molecule has 0 saturated carbocycles. The summed E-state index contributed by atoms with van der Waals surface area (Å²) >= 11 is 7.54. The van der Waals surface area contributed by atoms with Crippen molar-refractivity contribution in [3.8, 4) is 0 Å². The molecule has 0 heterocycles. The van der Waals surface area contributed by atoms with Gasteiger partial charge >= 0.3 is 0 Å². The standard InChI is InChI=1S/C3H7BrO2S2/c1-8(5,7)6-3-2-4/h2-3H2,1H3. The van der Waals surface area contributed by atoms with E-state index in [0.717, 1.165) is 0 Å². The summed E-state index contributed by atoms with van der Waals surface area (Å²) in [5, 5.41) is 0.675. The van der Waals surface area contributed by atoms with Gasteiger partial charge in [0.25, 0.3) is 0 Å². The summed E-state index contributed by atoms with van der Waals surface area (Å²) in [5.74, 6) is 0. The number of alkyl halides is 1. The number of rotatable bonds is 3. The second kappa shape index (κ2) is 3.76. The molecule has 8 heavy (non-hydrogen) atoms. The molecule has 0 fully saturated rings. The quantitative estimate of drug-likeness (QED) is 0.653. The second-order valence-corrected chi connectivity index (χ2v) is 5.47. The third-order valence-corrected chi connectivity index (χ3v) is 1.58. The first-order valence-electron chi connectivity index (χ1n) is 1.96. The van der Waals surface area contributed by atoms with Crippen LogP contribution in [-0.2, 0) is 24.1 Å². The lowest BCUT2D eigenvalue weighted by Crippen LogP contribution is -2.02. The molecular formula is C3H7BrO2S2. The van der Waals surface area contributed by atoms with Crippen molar-refractivity contribution in [1.29, 1.82) is 0 Å². The van der Waals surface area contributed by atoms with Crippen LogP contribution >= 0.6 is 15.9 Å². The van der Waals surface area contributed by atoms with Crippen LogP contribution in [0.1, 0.15) is 0 Å². The molecule has 0 saturated heterocycles. The molecule has 0 aliphatic rings. The van der Waals surface area contributed by atoms with Crippen LogP contribution in [-0.4, -0.2) is 22.4 Å². The van der Waals surface area contributed by atoms with E-state index in [2.05, 4.69) is 31.3 Å². The van der Waals surface area contributed by atoms with Crippen LogP contribution in [0.4, 0.5) is 0 Å². The third kappa shape index (κ3) is 6.81. The van der Waals surface area contributed by atoms with Crippen LogP contribution in [0.3, 0.4) is 0 Å². The van der Waals surface area contributed by atoms with Crippen LogP contribution in [0.5, 0.6) is 0 Å². The monoisotopic (exact) mass is 218 g/mol. The van der Waals surface area contributed by atoms with Crippen LogP contribution < -0.4 is 0 Å². The van der Waals surface area contributed by atoms with Gasteiger partial charge in [-0.05, 0) is 0 Å². The van der Waals surface area contributed by atoms with Gasteiger partial charge in [0.2, 0.25) is 0 Å². The minimum atomic E-state index is -2.38. The lowest BCUT2D eigenvalue weighted by Gasteiger charge is -1.96. The van der Waals surface area contributed by atoms with Crippen LogP contribution in [0.15, 0.2) is 0 Å². The van der Waals surface area contributed by atoms with Gasteiger partial charge < -0.3 is 0 Å². The van der Waals surface area contributed by atoms with E-state index in [1.54, 1.807) is 0 Å². The largest absolute Gasteiger partial charge is 0.289 e. The van der Waals surface area contributed by atoms with E-state index >= 15 is 0 Å². The first-order chi connectivity index (χ1) is 3.56. The maximum atomic E-state index is 10.5. The highest BCUT2D eigenvalue weighted by Gasteiger charge is 1.92. The third-order valence-electron chi connectivity index (χ3n) is 0.375. The van der Waals surface area contributed by atoms with Crippen molar-refractivity contribution in [1.82, 2.24) is 0 Å². The Hall–Kier alpha value is 0.810. The van der Waals surface area contributed by atoms with Gasteiger partial charge in [-0.1, -0.05) is 15.9 Å². The summed E-state index contributed by atoms with van der Waals surface area (Å²) in [6, 6.07) is 0. The molecule has 2 nitrogen and oxygen atoms in total. The van der Waals surface area contributed by atoms with E-state index in [1.165, 1.54) is 6.26 Å². The van der Waals surface area contributed by atoms with Crippen LogP contribution in [0.2, 0.25) is 0 Å². The first kappa shape index (κ1) is 8.81. The van der Waals surface area contributed by atoms with Crippen molar-refractivity contribution < 1.29 is 8.39 Å². The zero-order chi connectivity index (χ0) is 6.62. The van der Waals surface area contributed by atoms with E-state index < -0.39 is 8.77 Å². The molecular weight excluding hydrogens is 212 g/mol. The molecule has 0 aliphatic heterocycles. The summed E-state index contributed by atoms with van der Waals surface area (Å²) in [5.41, 5.74) is 0. The smallest absolute Gasteiger partial charge is 0.141 e. The summed E-state index contributed by atoms with van der Waals surface area (Å²) in [7, 11) is -2.38. The predicted molar refractivity (Wildman–Crippen MR) is 41.2 cm³/mol. The molecule has 0 rings (SSSR count). The van der Waals surface area contributed by atoms with Crippen LogP contribution in [0.25, 0.3) is 0 Å². The van der Waals surface area contributed by atoms with Gasteiger partial charge in [-0.25, -0.2) is 4.21 Å². The van der Waals surface area contributed by atoms with Crippen molar-refractivity contribution in [3.63, 3.8) is 0 Å². The maximum Gasteiger partial charge on any atom is 0.141 e. The van der Waals surface area contributed by atoms with Crippen LogP contribution in [0, 0.1) is 0 Å². The molecule has 0 spiro atoms. The summed E-state index contributed by atoms with van der Waals surface area (Å²) in [6.45, 7) is 0.416. The number of halogens is 1. The summed E-state index contributed by atoms with van der Waals surface area (Å²) in [4.78, 5) is 0. The molecule has 0 aromatic rings. The minimum Gasteiger partial charge on any atom is -0.289 e. The highest BCUT2D eigenvalue weighted by Crippen LogP contribution is 1.88. The molecule has 0 aliphatic carbocycles. The Morgan fingerprint density at radius 3 is 2.50 bits per heavy atom. The Morgan fingerprint density at radius 1 is 1.88 bits per heavy atom. The van der Waals surface area contributed by atoms with Gasteiger partial charge in [0.1, 0.15) is 8.77 Å². The zero-order valence-electron chi connectivity index (χ0n) is 4.43. The van der Waals surface area contributed by atoms with E-state index in [9.17, 15) is 4.21 Å². The van der Waals surface area contributed by atoms with E-state index in [1.807, 2.05) is 0 Å². The zero-order valence-corrected chi connectivity index (χ0v) is 7.64. The van der Waals surface area contributed by atoms with Gasteiger partial charge in [-0.3, -0.25) is 4.18 Å². The average Bonchev–Trinajstić information content (AvgIpc) is 1.59. The van der Waals surface area contributed by atoms with Crippen molar-refractivity contribution in [2.75, 3.05) is 18.2 Å². The molecule has 0 aromatic carbocycles. The molecule has 5 heteroatoms. The van der Waals surface area contributed by atoms with Crippen molar-refractivity contribution in [2.45, 2.75) is 0 Å². The Morgan fingerprint density at radius 2 is 2.38 bits per heavy atom. The molecule has 50 valence electrons. The molecule has 0 aromatic heterocycles. The first-order valence-corrected chi connectivity index (χ1v) is 5.90. The molecule has 0 N–H and O–H groups in total. The molecule has 1 unspecified atom stereocenters. The van der Waals surface area contributed by atoms with Gasteiger partial charge in [-0.2, -0.15) is 0 Å². The van der Waals surface area contributed by atoms with Crippen molar-refractivity contribution in [2.24, 2.45) is 0 Å². The lowest BCUT2D eigenvalue weighted by molar-refractivity contribution is 0.378. The maximum absolute atomic E-state index is 10.5. The second-order valence-electron chi connectivity index (χ2n) is 1.22. The molecule has 1 atom stereocenters. The van der Waals surface area contributed by atoms with Gasteiger partial charge in [0.15, 0.2) is 0 Å². The number of hydrogen-bond donors (Lipinski definition) is 0. The van der Waals surface area contributed by atoms with E-state index in [-0.39, 0.29) is 0 Å². The van der Waals surface area contributed by atoms with E-state index in [0.29, 0.717) is 11.9 Å². The van der Waals surface area contributed by atoms with Crippen molar-refractivity contribution in [3.05, 3.63) is 0 Å². The topological polar surface area (TPSA) is 26.3 Å². The Balaban J connectivity index is 3.42. The highest BCUT2D eigenvalue weighted by molar-refractivity contribution is 9.09. The molecule has 0 bridgehead atoms. The SMILES string of the molecule is CS(=O)(=S)OCCBr. The van der Waals surface area contributed by atoms with Gasteiger partial charge in [0, 0.05) is 22.8 Å².